The first-order chi connectivity index (χ1) is 10.7. The minimum absolute atomic E-state index is 0.300. The second kappa shape index (κ2) is 8.23. The van der Waals surface area contributed by atoms with Gasteiger partial charge in [0, 0.05) is 0 Å². The van der Waals surface area contributed by atoms with Gasteiger partial charge in [-0.05, 0) is 30.0 Å². The molecule has 2 aromatic carbocycles. The summed E-state index contributed by atoms with van der Waals surface area (Å²) in [6.45, 7) is 2.51. The number of unbranched alkanes of at least 4 members (excludes halogenated alkanes) is 2. The Hall–Kier alpha value is -2.29. The van der Waals surface area contributed by atoms with E-state index >= 15 is 0 Å². The van der Waals surface area contributed by atoms with Crippen molar-refractivity contribution < 1.29 is 14.6 Å². The maximum atomic E-state index is 11.6. The fourth-order valence-electron chi connectivity index (χ4n) is 2.45. The number of carbonyl (C=O) groups is 1. The highest BCUT2D eigenvalue weighted by molar-refractivity contribution is 5.92. The standard InChI is InChI=1S/C19H22O3/c1-2-3-5-11-16-12-8-13-17(18(16)19(20)21)22-14-15-9-6-4-7-10-15/h4,6-10,12-13H,2-3,5,11,14H2,1H3,(H,20,21). The summed E-state index contributed by atoms with van der Waals surface area (Å²) in [5, 5.41) is 9.52. The molecule has 3 heteroatoms. The highest BCUT2D eigenvalue weighted by Gasteiger charge is 2.16. The van der Waals surface area contributed by atoms with Crippen LogP contribution in [0.3, 0.4) is 0 Å². The van der Waals surface area contributed by atoms with Crippen molar-refractivity contribution in [2.24, 2.45) is 0 Å². The summed E-state index contributed by atoms with van der Waals surface area (Å²) in [6.07, 6.45) is 4.00. The van der Waals surface area contributed by atoms with E-state index in [4.69, 9.17) is 4.74 Å². The van der Waals surface area contributed by atoms with Gasteiger partial charge in [0.15, 0.2) is 0 Å². The Morgan fingerprint density at radius 2 is 1.82 bits per heavy atom. The van der Waals surface area contributed by atoms with Crippen LogP contribution in [0.4, 0.5) is 0 Å². The molecule has 0 fully saturated rings. The summed E-state index contributed by atoms with van der Waals surface area (Å²) in [6, 6.07) is 15.2. The van der Waals surface area contributed by atoms with Gasteiger partial charge in [-0.2, -0.15) is 0 Å². The van der Waals surface area contributed by atoms with Crippen LogP contribution >= 0.6 is 0 Å². The Bertz CT molecular complexity index is 605. The van der Waals surface area contributed by atoms with Gasteiger partial charge in [0.1, 0.15) is 17.9 Å². The van der Waals surface area contributed by atoms with Gasteiger partial charge in [0.05, 0.1) is 0 Å². The molecule has 0 aromatic heterocycles. The Morgan fingerprint density at radius 3 is 2.50 bits per heavy atom. The fraction of sp³-hybridized carbons (Fsp3) is 0.316. The molecular formula is C19H22O3. The molecule has 0 radical (unpaired) electrons. The number of carboxylic acid groups (broad SMARTS) is 1. The molecule has 0 bridgehead atoms. The van der Waals surface area contributed by atoms with Crippen LogP contribution in [-0.2, 0) is 13.0 Å². The Labute approximate surface area is 131 Å². The van der Waals surface area contributed by atoms with E-state index in [0.717, 1.165) is 36.8 Å². The zero-order chi connectivity index (χ0) is 15.8. The molecule has 0 spiro atoms. The topological polar surface area (TPSA) is 46.5 Å². The second-order valence-corrected chi connectivity index (χ2v) is 5.33. The fourth-order valence-corrected chi connectivity index (χ4v) is 2.45. The zero-order valence-corrected chi connectivity index (χ0v) is 12.9. The molecule has 0 amide bonds. The van der Waals surface area contributed by atoms with E-state index in [9.17, 15) is 9.90 Å². The lowest BCUT2D eigenvalue weighted by Crippen LogP contribution is -2.07. The van der Waals surface area contributed by atoms with Gasteiger partial charge in [-0.3, -0.25) is 0 Å². The number of ether oxygens (including phenoxy) is 1. The van der Waals surface area contributed by atoms with Crippen LogP contribution in [0.15, 0.2) is 48.5 Å². The lowest BCUT2D eigenvalue weighted by molar-refractivity contribution is 0.0690. The molecule has 0 saturated heterocycles. The third-order valence-corrected chi connectivity index (χ3v) is 3.61. The van der Waals surface area contributed by atoms with Crippen molar-refractivity contribution in [3.05, 3.63) is 65.2 Å². The van der Waals surface area contributed by atoms with Crippen LogP contribution in [0.1, 0.15) is 47.7 Å². The summed E-state index contributed by atoms with van der Waals surface area (Å²) < 4.78 is 5.75. The van der Waals surface area contributed by atoms with E-state index in [1.165, 1.54) is 0 Å². The average Bonchev–Trinajstić information content (AvgIpc) is 2.54. The highest BCUT2D eigenvalue weighted by atomic mass is 16.5. The smallest absolute Gasteiger partial charge is 0.339 e. The number of carboxylic acids is 1. The molecule has 0 saturated carbocycles. The van der Waals surface area contributed by atoms with Gasteiger partial charge < -0.3 is 9.84 Å². The van der Waals surface area contributed by atoms with Crippen molar-refractivity contribution in [1.29, 1.82) is 0 Å². The van der Waals surface area contributed by atoms with E-state index in [2.05, 4.69) is 6.92 Å². The van der Waals surface area contributed by atoms with Gasteiger partial charge in [-0.1, -0.05) is 62.2 Å². The van der Waals surface area contributed by atoms with Gasteiger partial charge in [0.2, 0.25) is 0 Å². The van der Waals surface area contributed by atoms with Crippen molar-refractivity contribution in [1.82, 2.24) is 0 Å². The first-order valence-corrected chi connectivity index (χ1v) is 7.74. The van der Waals surface area contributed by atoms with Crippen LogP contribution in [0.5, 0.6) is 5.75 Å². The van der Waals surface area contributed by atoms with Crippen LogP contribution < -0.4 is 4.74 Å². The average molecular weight is 298 g/mol. The van der Waals surface area contributed by atoms with Crippen molar-refractivity contribution in [2.75, 3.05) is 0 Å². The third-order valence-electron chi connectivity index (χ3n) is 3.61. The lowest BCUT2D eigenvalue weighted by Gasteiger charge is -2.13. The summed E-state index contributed by atoms with van der Waals surface area (Å²) in [4.78, 5) is 11.6. The van der Waals surface area contributed by atoms with Gasteiger partial charge >= 0.3 is 5.97 Å². The molecule has 0 aliphatic heterocycles. The maximum Gasteiger partial charge on any atom is 0.339 e. The zero-order valence-electron chi connectivity index (χ0n) is 12.9. The minimum Gasteiger partial charge on any atom is -0.488 e. The minimum atomic E-state index is -0.921. The van der Waals surface area contributed by atoms with Crippen LogP contribution in [0, 0.1) is 0 Å². The normalized spacial score (nSPS) is 10.4. The predicted octanol–water partition coefficient (Wildman–Crippen LogP) is 4.70. The molecule has 0 aliphatic rings. The van der Waals surface area contributed by atoms with Crippen molar-refractivity contribution in [2.45, 2.75) is 39.2 Å². The Kier molecular flexibility index (Phi) is 6.01. The summed E-state index contributed by atoms with van der Waals surface area (Å²) in [5.74, 6) is -0.472. The Balaban J connectivity index is 2.15. The van der Waals surface area contributed by atoms with Crippen molar-refractivity contribution in [3.63, 3.8) is 0 Å². The second-order valence-electron chi connectivity index (χ2n) is 5.33. The first kappa shape index (κ1) is 16.1. The van der Waals surface area contributed by atoms with E-state index < -0.39 is 5.97 Å². The molecule has 1 N–H and O–H groups in total. The van der Waals surface area contributed by atoms with Gasteiger partial charge in [-0.25, -0.2) is 4.79 Å². The molecule has 2 rings (SSSR count). The number of aromatic carboxylic acids is 1. The van der Waals surface area contributed by atoms with Crippen LogP contribution in [-0.4, -0.2) is 11.1 Å². The molecule has 2 aromatic rings. The number of hydrogen-bond acceptors (Lipinski definition) is 2. The van der Waals surface area contributed by atoms with Crippen molar-refractivity contribution >= 4 is 5.97 Å². The van der Waals surface area contributed by atoms with Gasteiger partial charge in [0.25, 0.3) is 0 Å². The first-order valence-electron chi connectivity index (χ1n) is 7.74. The van der Waals surface area contributed by atoms with Gasteiger partial charge in [-0.15, -0.1) is 0 Å². The maximum absolute atomic E-state index is 11.6. The van der Waals surface area contributed by atoms with E-state index in [1.54, 1.807) is 6.07 Å². The quantitative estimate of drug-likeness (QED) is 0.719. The summed E-state index contributed by atoms with van der Waals surface area (Å²) in [5.41, 5.74) is 2.18. The molecule has 0 atom stereocenters. The molecule has 22 heavy (non-hydrogen) atoms. The van der Waals surface area contributed by atoms with E-state index in [0.29, 0.717) is 17.9 Å². The monoisotopic (exact) mass is 298 g/mol. The largest absolute Gasteiger partial charge is 0.488 e. The molecular weight excluding hydrogens is 276 g/mol. The van der Waals surface area contributed by atoms with E-state index in [1.807, 2.05) is 42.5 Å². The van der Waals surface area contributed by atoms with Crippen molar-refractivity contribution in [3.8, 4) is 5.75 Å². The van der Waals surface area contributed by atoms with Crippen LogP contribution in [0.25, 0.3) is 0 Å². The molecule has 0 heterocycles. The van der Waals surface area contributed by atoms with Crippen LogP contribution in [0.2, 0.25) is 0 Å². The van der Waals surface area contributed by atoms with E-state index in [-0.39, 0.29) is 0 Å². The summed E-state index contributed by atoms with van der Waals surface area (Å²) in [7, 11) is 0. The number of aryl methyl sites for hydroxylation is 1. The number of hydrogen-bond donors (Lipinski definition) is 1. The highest BCUT2D eigenvalue weighted by Crippen LogP contribution is 2.25. The summed E-state index contributed by atoms with van der Waals surface area (Å²) >= 11 is 0. The predicted molar refractivity (Wildman–Crippen MR) is 87.4 cm³/mol. The molecule has 3 nitrogen and oxygen atoms in total. The SMILES string of the molecule is CCCCCc1cccc(OCc2ccccc2)c1C(=O)O. The number of benzene rings is 2. The number of rotatable bonds is 8. The molecule has 116 valence electrons. The molecule has 0 aliphatic carbocycles. The Morgan fingerprint density at radius 1 is 1.05 bits per heavy atom. The third kappa shape index (κ3) is 4.35. The lowest BCUT2D eigenvalue weighted by atomic mass is 10.0. The molecule has 0 unspecified atom stereocenters.